The first-order valence-electron chi connectivity index (χ1n) is 5.38. The number of aromatic nitrogens is 1. The predicted molar refractivity (Wildman–Crippen MR) is 68.7 cm³/mol. The molecule has 0 saturated carbocycles. The second-order valence-electron chi connectivity index (χ2n) is 4.04. The van der Waals surface area contributed by atoms with Gasteiger partial charge in [-0.25, -0.2) is 0 Å². The highest BCUT2D eigenvalue weighted by Crippen LogP contribution is 2.21. The lowest BCUT2D eigenvalue weighted by Crippen LogP contribution is -2.26. The van der Waals surface area contributed by atoms with Crippen LogP contribution in [0.25, 0.3) is 10.9 Å². The van der Waals surface area contributed by atoms with E-state index in [1.807, 2.05) is 42.1 Å². The van der Waals surface area contributed by atoms with Crippen molar-refractivity contribution in [3.63, 3.8) is 0 Å². The van der Waals surface area contributed by atoms with Gasteiger partial charge in [-0.15, -0.1) is 6.42 Å². The molecule has 0 unspecified atom stereocenters. The summed E-state index contributed by atoms with van der Waals surface area (Å²) in [4.78, 5) is 13.7. The van der Waals surface area contributed by atoms with Crippen LogP contribution in [0.5, 0.6) is 0 Å². The summed E-state index contributed by atoms with van der Waals surface area (Å²) in [5, 5.41) is 0.962. The molecule has 3 heteroatoms. The third-order valence-corrected chi connectivity index (χ3v) is 2.80. The minimum atomic E-state index is -0.0419. The molecule has 0 bridgehead atoms. The summed E-state index contributed by atoms with van der Waals surface area (Å²) in [7, 11) is 3.64. The summed E-state index contributed by atoms with van der Waals surface area (Å²) in [5.41, 5.74) is 1.74. The first-order valence-corrected chi connectivity index (χ1v) is 5.38. The van der Waals surface area contributed by atoms with Gasteiger partial charge in [0.15, 0.2) is 0 Å². The summed E-state index contributed by atoms with van der Waals surface area (Å²) in [6.07, 6.45) is 7.06. The fourth-order valence-electron chi connectivity index (χ4n) is 1.93. The molecule has 1 aromatic heterocycles. The van der Waals surface area contributed by atoms with Gasteiger partial charge in [0.2, 0.25) is 0 Å². The van der Waals surface area contributed by atoms with Crippen LogP contribution in [0.1, 0.15) is 10.4 Å². The van der Waals surface area contributed by atoms with Crippen molar-refractivity contribution in [1.29, 1.82) is 0 Å². The van der Waals surface area contributed by atoms with E-state index in [0.29, 0.717) is 12.1 Å². The molecule has 0 aliphatic rings. The average molecular weight is 226 g/mol. The maximum Gasteiger partial charge on any atom is 0.256 e. The molecule has 0 N–H and O–H groups in total. The summed E-state index contributed by atoms with van der Waals surface area (Å²) >= 11 is 0. The molecule has 17 heavy (non-hydrogen) atoms. The van der Waals surface area contributed by atoms with Crippen molar-refractivity contribution in [3.05, 3.63) is 36.0 Å². The smallest absolute Gasteiger partial charge is 0.256 e. The fourth-order valence-corrected chi connectivity index (χ4v) is 1.93. The van der Waals surface area contributed by atoms with Gasteiger partial charge in [-0.1, -0.05) is 24.1 Å². The van der Waals surface area contributed by atoms with Crippen LogP contribution >= 0.6 is 0 Å². The molecule has 2 rings (SSSR count). The van der Waals surface area contributed by atoms with Gasteiger partial charge >= 0.3 is 0 Å². The quantitative estimate of drug-likeness (QED) is 0.718. The number of nitrogens with zero attached hydrogens (tertiary/aromatic N) is 2. The van der Waals surface area contributed by atoms with Crippen LogP contribution < -0.4 is 0 Å². The molecule has 0 atom stereocenters. The predicted octanol–water partition coefficient (Wildman–Crippen LogP) is 1.88. The molecule has 0 aliphatic heterocycles. The number of hydrogen-bond donors (Lipinski definition) is 0. The van der Waals surface area contributed by atoms with Gasteiger partial charge in [0.25, 0.3) is 5.91 Å². The van der Waals surface area contributed by atoms with Crippen LogP contribution in [0.15, 0.2) is 30.5 Å². The van der Waals surface area contributed by atoms with Gasteiger partial charge in [-0.3, -0.25) is 4.79 Å². The van der Waals surface area contributed by atoms with Gasteiger partial charge in [-0.2, -0.15) is 0 Å². The lowest BCUT2D eigenvalue weighted by atomic mass is 10.1. The van der Waals surface area contributed by atoms with Gasteiger partial charge in [-0.05, 0) is 6.07 Å². The van der Waals surface area contributed by atoms with E-state index in [4.69, 9.17) is 6.42 Å². The van der Waals surface area contributed by atoms with E-state index in [-0.39, 0.29) is 5.91 Å². The molecule has 2 aromatic rings. The molecule has 0 aliphatic carbocycles. The number of fused-ring (bicyclic) bond motifs is 1. The Hall–Kier alpha value is -2.21. The molecular weight excluding hydrogens is 212 g/mol. The second-order valence-corrected chi connectivity index (χ2v) is 4.04. The zero-order chi connectivity index (χ0) is 12.4. The van der Waals surface area contributed by atoms with E-state index in [0.717, 1.165) is 10.9 Å². The largest absolute Gasteiger partial charge is 0.350 e. The van der Waals surface area contributed by atoms with E-state index in [1.165, 1.54) is 0 Å². The Balaban J connectivity index is 2.50. The average Bonchev–Trinajstić information content (AvgIpc) is 2.67. The number of rotatable bonds is 2. The summed E-state index contributed by atoms with van der Waals surface area (Å²) in [6, 6.07) is 7.83. The van der Waals surface area contributed by atoms with Crippen molar-refractivity contribution < 1.29 is 4.79 Å². The van der Waals surface area contributed by atoms with Crippen LogP contribution in [0.2, 0.25) is 0 Å². The lowest BCUT2D eigenvalue weighted by molar-refractivity contribution is 0.0814. The van der Waals surface area contributed by atoms with Crippen LogP contribution in [0.3, 0.4) is 0 Å². The van der Waals surface area contributed by atoms with Gasteiger partial charge in [0, 0.05) is 31.2 Å². The number of carbonyl (C=O) groups is 1. The normalized spacial score (nSPS) is 10.2. The van der Waals surface area contributed by atoms with Crippen molar-refractivity contribution in [1.82, 2.24) is 9.47 Å². The van der Waals surface area contributed by atoms with Crippen molar-refractivity contribution in [2.45, 2.75) is 0 Å². The molecule has 0 saturated heterocycles. The molecule has 3 nitrogen and oxygen atoms in total. The van der Waals surface area contributed by atoms with Gasteiger partial charge < -0.3 is 9.47 Å². The highest BCUT2D eigenvalue weighted by Gasteiger charge is 2.16. The number of para-hydroxylation sites is 1. The summed E-state index contributed by atoms with van der Waals surface area (Å²) < 4.78 is 1.95. The molecule has 1 heterocycles. The number of carbonyl (C=O) groups excluding carboxylic acids is 1. The summed E-state index contributed by atoms with van der Waals surface area (Å²) in [6.45, 7) is 0.321. The standard InChI is InChI=1S/C14H14N2O/c1-4-9-15(2)14(17)12-10-16(3)13-8-6-5-7-11(12)13/h1,5-8,10H,9H2,2-3H3. The number of amides is 1. The molecule has 1 amide bonds. The lowest BCUT2D eigenvalue weighted by Gasteiger charge is -2.12. The first-order chi connectivity index (χ1) is 8.15. The Morgan fingerprint density at radius 3 is 2.88 bits per heavy atom. The van der Waals surface area contributed by atoms with Crippen LogP contribution in [-0.2, 0) is 7.05 Å². The molecular formula is C14H14N2O. The zero-order valence-corrected chi connectivity index (χ0v) is 9.97. The van der Waals surface area contributed by atoms with E-state index in [9.17, 15) is 4.79 Å². The first kappa shape index (κ1) is 11.3. The summed E-state index contributed by atoms with van der Waals surface area (Å²) in [5.74, 6) is 2.43. The maximum absolute atomic E-state index is 12.2. The third kappa shape index (κ3) is 1.90. The maximum atomic E-state index is 12.2. The molecule has 1 aromatic carbocycles. The van der Waals surface area contributed by atoms with Crippen molar-refractivity contribution >= 4 is 16.8 Å². The number of aryl methyl sites for hydroxylation is 1. The number of terminal acetylenes is 1. The second kappa shape index (κ2) is 4.34. The van der Waals surface area contributed by atoms with Gasteiger partial charge in [0.05, 0.1) is 12.1 Å². The molecule has 86 valence electrons. The fraction of sp³-hybridized carbons (Fsp3) is 0.214. The topological polar surface area (TPSA) is 25.2 Å². The van der Waals surface area contributed by atoms with Crippen LogP contribution in [0.4, 0.5) is 0 Å². The number of benzene rings is 1. The highest BCUT2D eigenvalue weighted by molar-refractivity contribution is 6.06. The molecule has 0 fully saturated rings. The Labute approximate surface area is 101 Å². The molecule has 0 spiro atoms. The van der Waals surface area contributed by atoms with Crippen molar-refractivity contribution in [2.75, 3.05) is 13.6 Å². The SMILES string of the molecule is C#CCN(C)C(=O)c1cn(C)c2ccccc12. The van der Waals surface area contributed by atoms with E-state index >= 15 is 0 Å². The highest BCUT2D eigenvalue weighted by atomic mass is 16.2. The Kier molecular flexibility index (Phi) is 2.88. The minimum absolute atomic E-state index is 0.0419. The Morgan fingerprint density at radius 1 is 1.47 bits per heavy atom. The van der Waals surface area contributed by atoms with E-state index < -0.39 is 0 Å². The third-order valence-electron chi connectivity index (χ3n) is 2.80. The van der Waals surface area contributed by atoms with Crippen LogP contribution in [-0.4, -0.2) is 29.0 Å². The van der Waals surface area contributed by atoms with Crippen molar-refractivity contribution in [3.8, 4) is 12.3 Å². The number of hydrogen-bond acceptors (Lipinski definition) is 1. The zero-order valence-electron chi connectivity index (χ0n) is 9.97. The monoisotopic (exact) mass is 226 g/mol. The molecule has 0 radical (unpaired) electrons. The van der Waals surface area contributed by atoms with Crippen molar-refractivity contribution in [2.24, 2.45) is 7.05 Å². The van der Waals surface area contributed by atoms with Crippen LogP contribution in [0, 0.1) is 12.3 Å². The van der Waals surface area contributed by atoms with E-state index in [2.05, 4.69) is 5.92 Å². The van der Waals surface area contributed by atoms with Gasteiger partial charge in [0.1, 0.15) is 0 Å². The van der Waals surface area contributed by atoms with E-state index in [1.54, 1.807) is 11.9 Å². The minimum Gasteiger partial charge on any atom is -0.350 e. The Morgan fingerprint density at radius 2 is 2.18 bits per heavy atom. The Bertz CT molecular complexity index is 604.